The maximum Gasteiger partial charge on any atom is 0.121 e. The first-order valence-corrected chi connectivity index (χ1v) is 5.58. The minimum absolute atomic E-state index is 0.121. The van der Waals surface area contributed by atoms with E-state index >= 15 is 0 Å². The molecule has 0 aliphatic carbocycles. The second-order valence-corrected chi connectivity index (χ2v) is 5.17. The van der Waals surface area contributed by atoms with Crippen LogP contribution in [0.1, 0.15) is 43.5 Å². The molecule has 0 amide bonds. The molecule has 0 aliphatic heterocycles. The van der Waals surface area contributed by atoms with Crippen LogP contribution in [0.2, 0.25) is 0 Å². The van der Waals surface area contributed by atoms with E-state index in [1.807, 2.05) is 14.0 Å². The van der Waals surface area contributed by atoms with Crippen LogP contribution in [0.5, 0.6) is 0 Å². The third kappa shape index (κ3) is 2.62. The van der Waals surface area contributed by atoms with Gasteiger partial charge in [0, 0.05) is 0 Å². The predicted octanol–water partition coefficient (Wildman–Crippen LogP) is 3.08. The summed E-state index contributed by atoms with van der Waals surface area (Å²) in [5, 5.41) is 12.1. The lowest BCUT2D eigenvalue weighted by Gasteiger charge is -2.22. The highest BCUT2D eigenvalue weighted by molar-refractivity contribution is 5.38. The van der Waals surface area contributed by atoms with E-state index in [1.165, 1.54) is 5.56 Å². The molecular formula is C14H20N2. The Labute approximate surface area is 98.3 Å². The van der Waals surface area contributed by atoms with Gasteiger partial charge >= 0.3 is 0 Å². The summed E-state index contributed by atoms with van der Waals surface area (Å²) in [6.07, 6.45) is 0. The lowest BCUT2D eigenvalue weighted by molar-refractivity contribution is 0.587. The van der Waals surface area contributed by atoms with Crippen molar-refractivity contribution in [1.29, 1.82) is 5.26 Å². The summed E-state index contributed by atoms with van der Waals surface area (Å²) >= 11 is 0. The van der Waals surface area contributed by atoms with Gasteiger partial charge in [0.25, 0.3) is 0 Å². The molecule has 0 spiro atoms. The van der Waals surface area contributed by atoms with Crippen LogP contribution in [0, 0.1) is 18.3 Å². The van der Waals surface area contributed by atoms with Gasteiger partial charge in [0.2, 0.25) is 0 Å². The Morgan fingerprint density at radius 3 is 2.38 bits per heavy atom. The van der Waals surface area contributed by atoms with Crippen LogP contribution in [0.3, 0.4) is 0 Å². The summed E-state index contributed by atoms with van der Waals surface area (Å²) in [6, 6.07) is 8.43. The molecule has 0 aliphatic rings. The van der Waals surface area contributed by atoms with Gasteiger partial charge < -0.3 is 5.32 Å². The van der Waals surface area contributed by atoms with Crippen LogP contribution in [-0.4, -0.2) is 7.05 Å². The van der Waals surface area contributed by atoms with Gasteiger partial charge in [-0.2, -0.15) is 5.26 Å². The summed E-state index contributed by atoms with van der Waals surface area (Å²) in [4.78, 5) is 0. The molecule has 0 aromatic heterocycles. The van der Waals surface area contributed by atoms with E-state index in [4.69, 9.17) is 5.26 Å². The van der Waals surface area contributed by atoms with E-state index in [9.17, 15) is 0 Å². The topological polar surface area (TPSA) is 35.8 Å². The van der Waals surface area contributed by atoms with E-state index < -0.39 is 0 Å². The molecule has 1 N–H and O–H groups in total. The highest BCUT2D eigenvalue weighted by Gasteiger charge is 2.17. The molecule has 0 fully saturated rings. The molecule has 1 rings (SSSR count). The van der Waals surface area contributed by atoms with Crippen molar-refractivity contribution >= 4 is 0 Å². The fourth-order valence-electron chi connectivity index (χ4n) is 1.71. The molecule has 1 aromatic carbocycles. The molecule has 86 valence electrons. The highest BCUT2D eigenvalue weighted by atomic mass is 14.9. The van der Waals surface area contributed by atoms with Crippen molar-refractivity contribution in [2.45, 2.75) is 39.2 Å². The largest absolute Gasteiger partial charge is 0.301 e. The van der Waals surface area contributed by atoms with Gasteiger partial charge in [-0.25, -0.2) is 0 Å². The molecule has 0 heterocycles. The third-order valence-corrected chi connectivity index (χ3v) is 2.87. The van der Waals surface area contributed by atoms with Crippen molar-refractivity contribution in [2.24, 2.45) is 0 Å². The second kappa shape index (κ2) is 4.67. The zero-order valence-electron chi connectivity index (χ0n) is 10.8. The minimum Gasteiger partial charge on any atom is -0.301 e. The van der Waals surface area contributed by atoms with Crippen molar-refractivity contribution < 1.29 is 0 Å². The third-order valence-electron chi connectivity index (χ3n) is 2.87. The van der Waals surface area contributed by atoms with Crippen molar-refractivity contribution in [3.05, 3.63) is 34.9 Å². The summed E-state index contributed by atoms with van der Waals surface area (Å²) in [6.45, 7) is 8.59. The Morgan fingerprint density at radius 2 is 1.94 bits per heavy atom. The number of rotatable bonds is 2. The summed E-state index contributed by atoms with van der Waals surface area (Å²) < 4.78 is 0. The SMILES string of the molecule is CNC(C#N)c1cc(C(C)(C)C)ccc1C. The second-order valence-electron chi connectivity index (χ2n) is 5.17. The highest BCUT2D eigenvalue weighted by Crippen LogP contribution is 2.27. The zero-order valence-corrected chi connectivity index (χ0v) is 10.8. The number of nitrogens with one attached hydrogen (secondary N) is 1. The van der Waals surface area contributed by atoms with Gasteiger partial charge in [0.1, 0.15) is 6.04 Å². The number of nitriles is 1. The standard InChI is InChI=1S/C14H20N2/c1-10-6-7-11(14(2,3)4)8-12(10)13(9-15)16-5/h6-8,13,16H,1-5H3. The quantitative estimate of drug-likeness (QED) is 0.824. The lowest BCUT2D eigenvalue weighted by atomic mass is 9.84. The van der Waals surface area contributed by atoms with Crippen LogP contribution >= 0.6 is 0 Å². The summed E-state index contributed by atoms with van der Waals surface area (Å²) in [5.74, 6) is 0. The first-order valence-electron chi connectivity index (χ1n) is 5.58. The molecule has 1 aromatic rings. The summed E-state index contributed by atoms with van der Waals surface area (Å²) in [5.41, 5.74) is 3.63. The normalized spacial score (nSPS) is 13.2. The van der Waals surface area contributed by atoms with E-state index in [2.05, 4.69) is 50.4 Å². The lowest BCUT2D eigenvalue weighted by Crippen LogP contribution is -2.18. The van der Waals surface area contributed by atoms with E-state index in [0.717, 1.165) is 11.1 Å². The predicted molar refractivity (Wildman–Crippen MR) is 67.3 cm³/mol. The van der Waals surface area contributed by atoms with Gasteiger partial charge in [-0.05, 0) is 36.1 Å². The molecule has 1 atom stereocenters. The molecule has 16 heavy (non-hydrogen) atoms. The first kappa shape index (κ1) is 12.7. The monoisotopic (exact) mass is 216 g/mol. The Balaban J connectivity index is 3.25. The number of hydrogen-bond donors (Lipinski definition) is 1. The molecule has 0 radical (unpaired) electrons. The maximum atomic E-state index is 9.09. The van der Waals surface area contributed by atoms with E-state index in [-0.39, 0.29) is 11.5 Å². The Hall–Kier alpha value is -1.33. The molecule has 0 saturated heterocycles. The Bertz CT molecular complexity index is 408. The van der Waals surface area contributed by atoms with E-state index in [1.54, 1.807) is 0 Å². The maximum absolute atomic E-state index is 9.09. The van der Waals surface area contributed by atoms with Crippen molar-refractivity contribution in [1.82, 2.24) is 5.32 Å². The molecular weight excluding hydrogens is 196 g/mol. The Kier molecular flexibility index (Phi) is 3.72. The zero-order chi connectivity index (χ0) is 12.3. The van der Waals surface area contributed by atoms with Gasteiger partial charge in [-0.1, -0.05) is 39.0 Å². The van der Waals surface area contributed by atoms with E-state index in [0.29, 0.717) is 0 Å². The Morgan fingerprint density at radius 1 is 1.31 bits per heavy atom. The van der Waals surface area contributed by atoms with Crippen LogP contribution in [0.4, 0.5) is 0 Å². The fourth-order valence-corrected chi connectivity index (χ4v) is 1.71. The first-order chi connectivity index (χ1) is 7.40. The number of aryl methyl sites for hydroxylation is 1. The smallest absolute Gasteiger partial charge is 0.121 e. The average Bonchev–Trinajstić information content (AvgIpc) is 2.20. The molecule has 2 nitrogen and oxygen atoms in total. The van der Waals surface area contributed by atoms with Crippen LogP contribution < -0.4 is 5.32 Å². The van der Waals surface area contributed by atoms with Gasteiger partial charge in [-0.15, -0.1) is 0 Å². The van der Waals surface area contributed by atoms with Crippen LogP contribution in [-0.2, 0) is 5.41 Å². The minimum atomic E-state index is -0.220. The molecule has 0 saturated carbocycles. The molecule has 1 unspecified atom stereocenters. The fraction of sp³-hybridized carbons (Fsp3) is 0.500. The number of hydrogen-bond acceptors (Lipinski definition) is 2. The van der Waals surface area contributed by atoms with Crippen LogP contribution in [0.15, 0.2) is 18.2 Å². The summed E-state index contributed by atoms with van der Waals surface area (Å²) in [7, 11) is 1.82. The molecule has 2 heteroatoms. The molecule has 0 bridgehead atoms. The van der Waals surface area contributed by atoms with Gasteiger partial charge in [0.05, 0.1) is 6.07 Å². The van der Waals surface area contributed by atoms with Crippen molar-refractivity contribution in [3.8, 4) is 6.07 Å². The average molecular weight is 216 g/mol. The van der Waals surface area contributed by atoms with Crippen LogP contribution in [0.25, 0.3) is 0 Å². The number of nitrogens with zero attached hydrogens (tertiary/aromatic N) is 1. The van der Waals surface area contributed by atoms with Crippen molar-refractivity contribution in [2.75, 3.05) is 7.05 Å². The number of benzene rings is 1. The van der Waals surface area contributed by atoms with Crippen molar-refractivity contribution in [3.63, 3.8) is 0 Å². The van der Waals surface area contributed by atoms with Gasteiger partial charge in [-0.3, -0.25) is 0 Å². The van der Waals surface area contributed by atoms with Gasteiger partial charge in [0.15, 0.2) is 0 Å².